The highest BCUT2D eigenvalue weighted by Crippen LogP contribution is 2.12. The van der Waals surface area contributed by atoms with Gasteiger partial charge in [0.1, 0.15) is 5.75 Å². The van der Waals surface area contributed by atoms with Gasteiger partial charge < -0.3 is 19.5 Å². The van der Waals surface area contributed by atoms with Crippen LogP contribution in [0, 0.1) is 0 Å². The van der Waals surface area contributed by atoms with E-state index in [1.54, 1.807) is 0 Å². The summed E-state index contributed by atoms with van der Waals surface area (Å²) in [5, 5.41) is 9.08. The van der Waals surface area contributed by atoms with Gasteiger partial charge in [-0.3, -0.25) is 4.79 Å². The summed E-state index contributed by atoms with van der Waals surface area (Å²) in [6.45, 7) is 1.20. The average molecular weight is 293 g/mol. The first-order valence-corrected chi connectivity index (χ1v) is 6.96. The van der Waals surface area contributed by atoms with E-state index < -0.39 is 12.0 Å². The molecule has 1 N–H and O–H groups in total. The van der Waals surface area contributed by atoms with Gasteiger partial charge in [-0.2, -0.15) is 0 Å². The van der Waals surface area contributed by atoms with Gasteiger partial charge in [-0.25, -0.2) is 4.79 Å². The molecule has 114 valence electrons. The molecule has 0 aliphatic carbocycles. The number of carbonyl (C=O) groups excluding carboxylic acids is 1. The SMILES string of the molecule is O=C(O)[C@@H]1COCCN1C(=O)CCCOc1ccccc1. The van der Waals surface area contributed by atoms with Crippen LogP contribution in [0.25, 0.3) is 0 Å². The molecule has 2 rings (SSSR count). The Hall–Kier alpha value is -2.08. The fourth-order valence-corrected chi connectivity index (χ4v) is 2.18. The summed E-state index contributed by atoms with van der Waals surface area (Å²) in [6.07, 6.45) is 0.827. The second-order valence-corrected chi connectivity index (χ2v) is 4.78. The van der Waals surface area contributed by atoms with E-state index in [1.165, 1.54) is 4.90 Å². The molecule has 1 aliphatic heterocycles. The van der Waals surface area contributed by atoms with Crippen molar-refractivity contribution < 1.29 is 24.2 Å². The van der Waals surface area contributed by atoms with Crippen molar-refractivity contribution in [1.29, 1.82) is 0 Å². The highest BCUT2D eigenvalue weighted by molar-refractivity contribution is 5.83. The number of aliphatic carboxylic acids is 1. The van der Waals surface area contributed by atoms with E-state index in [4.69, 9.17) is 14.6 Å². The number of ether oxygens (including phenoxy) is 2. The highest BCUT2D eigenvalue weighted by Gasteiger charge is 2.32. The number of morpholine rings is 1. The van der Waals surface area contributed by atoms with E-state index in [9.17, 15) is 9.59 Å². The number of amides is 1. The van der Waals surface area contributed by atoms with Gasteiger partial charge in [0.15, 0.2) is 6.04 Å². The molecule has 1 aromatic rings. The molecule has 1 saturated heterocycles. The van der Waals surface area contributed by atoms with E-state index in [1.807, 2.05) is 30.3 Å². The lowest BCUT2D eigenvalue weighted by Gasteiger charge is -2.32. The zero-order valence-electron chi connectivity index (χ0n) is 11.7. The van der Waals surface area contributed by atoms with Gasteiger partial charge in [0.25, 0.3) is 0 Å². The standard InChI is InChI=1S/C15H19NO5/c17-14(16-8-10-20-11-13(16)15(18)19)7-4-9-21-12-5-2-1-3-6-12/h1-3,5-6,13H,4,7-11H2,(H,18,19)/t13-/m0/s1. The Kier molecular flexibility index (Phi) is 5.57. The maximum Gasteiger partial charge on any atom is 0.328 e. The Morgan fingerprint density at radius 3 is 2.81 bits per heavy atom. The monoisotopic (exact) mass is 293 g/mol. The van der Waals surface area contributed by atoms with Crippen LogP contribution in [0.5, 0.6) is 5.75 Å². The molecule has 6 heteroatoms. The molecule has 0 saturated carbocycles. The Labute approximate surface area is 123 Å². The summed E-state index contributed by atoms with van der Waals surface area (Å²) < 4.78 is 10.6. The molecule has 21 heavy (non-hydrogen) atoms. The van der Waals surface area contributed by atoms with Crippen LogP contribution in [0.3, 0.4) is 0 Å². The summed E-state index contributed by atoms with van der Waals surface area (Å²) >= 11 is 0. The Balaban J connectivity index is 1.74. The smallest absolute Gasteiger partial charge is 0.328 e. The minimum Gasteiger partial charge on any atom is -0.494 e. The molecule has 0 aromatic heterocycles. The molecule has 0 unspecified atom stereocenters. The van der Waals surface area contributed by atoms with Crippen LogP contribution in [0.15, 0.2) is 30.3 Å². The van der Waals surface area contributed by atoms with Crippen molar-refractivity contribution >= 4 is 11.9 Å². The van der Waals surface area contributed by atoms with Crippen molar-refractivity contribution in [2.45, 2.75) is 18.9 Å². The van der Waals surface area contributed by atoms with Crippen molar-refractivity contribution in [3.8, 4) is 5.75 Å². The van der Waals surface area contributed by atoms with E-state index >= 15 is 0 Å². The molecule has 6 nitrogen and oxygen atoms in total. The summed E-state index contributed by atoms with van der Waals surface area (Å²) in [5.74, 6) is -0.425. The van der Waals surface area contributed by atoms with E-state index in [0.717, 1.165) is 5.75 Å². The number of carboxylic acids is 1. The highest BCUT2D eigenvalue weighted by atomic mass is 16.5. The molecule has 1 fully saturated rings. The molecule has 1 aromatic carbocycles. The van der Waals surface area contributed by atoms with Gasteiger partial charge in [-0.1, -0.05) is 18.2 Å². The van der Waals surface area contributed by atoms with Crippen LogP contribution < -0.4 is 4.74 Å². The lowest BCUT2D eigenvalue weighted by Crippen LogP contribution is -2.52. The molecule has 0 radical (unpaired) electrons. The van der Waals surface area contributed by atoms with Crippen LogP contribution in [0.4, 0.5) is 0 Å². The summed E-state index contributed by atoms with van der Waals surface area (Å²) in [6, 6.07) is 8.49. The molecule has 1 amide bonds. The van der Waals surface area contributed by atoms with Crippen molar-refractivity contribution in [3.05, 3.63) is 30.3 Å². The number of benzene rings is 1. The summed E-state index contributed by atoms with van der Waals surface area (Å²) in [4.78, 5) is 24.5. The maximum absolute atomic E-state index is 12.1. The molecular formula is C15H19NO5. The van der Waals surface area contributed by atoms with Gasteiger partial charge in [-0.15, -0.1) is 0 Å². The summed E-state index contributed by atoms with van der Waals surface area (Å²) in [7, 11) is 0. The predicted molar refractivity (Wildman–Crippen MR) is 75.1 cm³/mol. The number of carbonyl (C=O) groups is 2. The van der Waals surface area contributed by atoms with Crippen LogP contribution in [-0.4, -0.2) is 54.3 Å². The van der Waals surface area contributed by atoms with Gasteiger partial charge in [0, 0.05) is 13.0 Å². The quantitative estimate of drug-likeness (QED) is 0.796. The maximum atomic E-state index is 12.1. The normalized spacial score (nSPS) is 18.3. The van der Waals surface area contributed by atoms with Crippen molar-refractivity contribution in [2.24, 2.45) is 0 Å². The van der Waals surface area contributed by atoms with Crippen molar-refractivity contribution in [1.82, 2.24) is 4.90 Å². The number of carboxylic acid groups (broad SMARTS) is 1. The lowest BCUT2D eigenvalue weighted by molar-refractivity contribution is -0.158. The zero-order valence-corrected chi connectivity index (χ0v) is 11.7. The van der Waals surface area contributed by atoms with Crippen molar-refractivity contribution in [2.75, 3.05) is 26.4 Å². The van der Waals surface area contributed by atoms with E-state index in [0.29, 0.717) is 26.2 Å². The van der Waals surface area contributed by atoms with Crippen LogP contribution in [0.1, 0.15) is 12.8 Å². The molecule has 1 atom stereocenters. The third kappa shape index (κ3) is 4.46. The number of nitrogens with zero attached hydrogens (tertiary/aromatic N) is 1. The van der Waals surface area contributed by atoms with Gasteiger partial charge in [0.05, 0.1) is 19.8 Å². The van der Waals surface area contributed by atoms with Crippen molar-refractivity contribution in [3.63, 3.8) is 0 Å². The largest absolute Gasteiger partial charge is 0.494 e. The van der Waals surface area contributed by atoms with Crippen LogP contribution in [0.2, 0.25) is 0 Å². The molecule has 0 bridgehead atoms. The van der Waals surface area contributed by atoms with Gasteiger partial charge >= 0.3 is 5.97 Å². The lowest BCUT2D eigenvalue weighted by atomic mass is 10.2. The molecular weight excluding hydrogens is 274 g/mol. The first-order valence-electron chi connectivity index (χ1n) is 6.96. The van der Waals surface area contributed by atoms with E-state index in [2.05, 4.69) is 0 Å². The van der Waals surface area contributed by atoms with Crippen LogP contribution >= 0.6 is 0 Å². The first-order chi connectivity index (χ1) is 10.2. The van der Waals surface area contributed by atoms with Crippen LogP contribution in [-0.2, 0) is 14.3 Å². The van der Waals surface area contributed by atoms with Gasteiger partial charge in [0.2, 0.25) is 5.91 Å². The Bertz CT molecular complexity index is 476. The Morgan fingerprint density at radius 1 is 1.33 bits per heavy atom. The summed E-state index contributed by atoms with van der Waals surface area (Å²) in [5.41, 5.74) is 0. The number of hydrogen-bond donors (Lipinski definition) is 1. The second kappa shape index (κ2) is 7.64. The number of para-hydroxylation sites is 1. The number of rotatable bonds is 6. The second-order valence-electron chi connectivity index (χ2n) is 4.78. The molecule has 1 aliphatic rings. The zero-order chi connectivity index (χ0) is 15.1. The fourth-order valence-electron chi connectivity index (χ4n) is 2.18. The number of hydrogen-bond acceptors (Lipinski definition) is 4. The third-order valence-corrected chi connectivity index (χ3v) is 3.28. The topological polar surface area (TPSA) is 76.1 Å². The van der Waals surface area contributed by atoms with Gasteiger partial charge in [-0.05, 0) is 18.6 Å². The van der Waals surface area contributed by atoms with E-state index in [-0.39, 0.29) is 18.9 Å². The Morgan fingerprint density at radius 2 is 2.10 bits per heavy atom. The molecule has 1 heterocycles. The fraction of sp³-hybridized carbons (Fsp3) is 0.467. The predicted octanol–water partition coefficient (Wildman–Crippen LogP) is 1.16. The average Bonchev–Trinajstić information content (AvgIpc) is 2.52. The minimum atomic E-state index is -1.02. The molecule has 0 spiro atoms. The first kappa shape index (κ1) is 15.3. The minimum absolute atomic E-state index is 0.0571. The third-order valence-electron chi connectivity index (χ3n) is 3.28.